The fourth-order valence-corrected chi connectivity index (χ4v) is 3.09. The van der Waals surface area contributed by atoms with Crippen molar-refractivity contribution in [3.05, 3.63) is 29.8 Å². The maximum absolute atomic E-state index is 12.4. The van der Waals surface area contributed by atoms with Crippen LogP contribution in [0, 0.1) is 11.3 Å². The van der Waals surface area contributed by atoms with E-state index in [0.29, 0.717) is 18.0 Å². The largest absolute Gasteiger partial charge is 0.316 e. The third-order valence-corrected chi connectivity index (χ3v) is 5.21. The number of sulfonamides is 1. The highest BCUT2D eigenvalue weighted by Gasteiger charge is 2.23. The predicted molar refractivity (Wildman–Crippen MR) is 83.0 cm³/mol. The molecule has 0 spiro atoms. The molecule has 0 radical (unpaired) electrons. The van der Waals surface area contributed by atoms with E-state index in [1.165, 1.54) is 0 Å². The van der Waals surface area contributed by atoms with Crippen molar-refractivity contribution in [2.45, 2.75) is 39.1 Å². The minimum atomic E-state index is -3.46. The fraction of sp³-hybridized carbons (Fsp3) is 0.600. The topological polar surface area (TPSA) is 58.2 Å². The summed E-state index contributed by atoms with van der Waals surface area (Å²) in [6, 6.07) is 7.08. The van der Waals surface area contributed by atoms with Crippen molar-refractivity contribution in [3.63, 3.8) is 0 Å². The molecule has 4 nitrogen and oxygen atoms in total. The van der Waals surface area contributed by atoms with Gasteiger partial charge in [-0.25, -0.2) is 13.1 Å². The number of hydrogen-bond donors (Lipinski definition) is 2. The zero-order valence-electron chi connectivity index (χ0n) is 13.0. The van der Waals surface area contributed by atoms with E-state index in [1.54, 1.807) is 19.2 Å². The van der Waals surface area contributed by atoms with Crippen LogP contribution in [0.2, 0.25) is 0 Å². The van der Waals surface area contributed by atoms with Crippen LogP contribution in [0.15, 0.2) is 29.2 Å². The van der Waals surface area contributed by atoms with E-state index in [-0.39, 0.29) is 11.3 Å². The third-order valence-electron chi connectivity index (χ3n) is 3.69. The Labute approximate surface area is 123 Å². The first-order chi connectivity index (χ1) is 9.18. The van der Waals surface area contributed by atoms with Crippen molar-refractivity contribution in [2.24, 2.45) is 11.3 Å². The molecule has 0 saturated heterocycles. The zero-order valence-corrected chi connectivity index (χ0v) is 13.8. The molecule has 0 aliphatic carbocycles. The molecule has 1 aromatic carbocycles. The lowest BCUT2D eigenvalue weighted by atomic mass is 9.82. The van der Waals surface area contributed by atoms with Crippen LogP contribution in [0.5, 0.6) is 0 Å². The Balaban J connectivity index is 2.90. The average Bonchev–Trinajstić information content (AvgIpc) is 2.36. The lowest BCUT2D eigenvalue weighted by molar-refractivity contribution is 0.263. The van der Waals surface area contributed by atoms with E-state index >= 15 is 0 Å². The minimum Gasteiger partial charge on any atom is -0.316 e. The summed E-state index contributed by atoms with van der Waals surface area (Å²) in [5.41, 5.74) is 0.860. The summed E-state index contributed by atoms with van der Waals surface area (Å²) < 4.78 is 27.6. The van der Waals surface area contributed by atoms with E-state index in [0.717, 1.165) is 5.56 Å². The molecule has 114 valence electrons. The lowest BCUT2D eigenvalue weighted by Crippen LogP contribution is -2.34. The molecule has 1 unspecified atom stereocenters. The van der Waals surface area contributed by atoms with Gasteiger partial charge in [-0.1, -0.05) is 45.9 Å². The first-order valence-corrected chi connectivity index (χ1v) is 8.39. The Kier molecular flexibility index (Phi) is 5.74. The van der Waals surface area contributed by atoms with E-state index in [2.05, 4.69) is 37.7 Å². The number of benzene rings is 1. The van der Waals surface area contributed by atoms with Gasteiger partial charge in [0.25, 0.3) is 0 Å². The van der Waals surface area contributed by atoms with Crippen molar-refractivity contribution in [1.82, 2.24) is 10.0 Å². The Morgan fingerprint density at radius 2 is 1.80 bits per heavy atom. The molecule has 0 amide bonds. The van der Waals surface area contributed by atoms with Crippen LogP contribution in [-0.2, 0) is 16.6 Å². The molecule has 0 aromatic heterocycles. The van der Waals surface area contributed by atoms with Gasteiger partial charge in [-0.15, -0.1) is 0 Å². The monoisotopic (exact) mass is 298 g/mol. The maximum Gasteiger partial charge on any atom is 0.240 e. The van der Waals surface area contributed by atoms with E-state index in [1.807, 2.05) is 12.1 Å². The normalized spacial score (nSPS) is 14.2. The van der Waals surface area contributed by atoms with Crippen molar-refractivity contribution >= 4 is 10.0 Å². The highest BCUT2D eigenvalue weighted by molar-refractivity contribution is 7.89. The van der Waals surface area contributed by atoms with Gasteiger partial charge < -0.3 is 5.32 Å². The second-order valence-corrected chi connectivity index (χ2v) is 7.99. The summed E-state index contributed by atoms with van der Waals surface area (Å²) in [4.78, 5) is 0.357. The van der Waals surface area contributed by atoms with Gasteiger partial charge in [-0.05, 0) is 30.0 Å². The van der Waals surface area contributed by atoms with Crippen molar-refractivity contribution in [3.8, 4) is 0 Å². The number of hydrogen-bond acceptors (Lipinski definition) is 3. The van der Waals surface area contributed by atoms with Gasteiger partial charge in [0.1, 0.15) is 0 Å². The molecule has 1 atom stereocenters. The second-order valence-electron chi connectivity index (χ2n) is 6.26. The predicted octanol–water partition coefficient (Wildman–Crippen LogP) is 2.37. The number of nitrogens with one attached hydrogen (secondary N) is 2. The molecule has 5 heteroatoms. The van der Waals surface area contributed by atoms with E-state index in [4.69, 9.17) is 0 Å². The summed E-state index contributed by atoms with van der Waals surface area (Å²) in [6.07, 6.45) is 0. The molecule has 1 aromatic rings. The average molecular weight is 298 g/mol. The molecule has 2 N–H and O–H groups in total. The van der Waals surface area contributed by atoms with Crippen LogP contribution in [0.25, 0.3) is 0 Å². The summed E-state index contributed by atoms with van der Waals surface area (Å²) in [7, 11) is -1.65. The molecule has 0 aliphatic rings. The van der Waals surface area contributed by atoms with Gasteiger partial charge in [-0.2, -0.15) is 0 Å². The second kappa shape index (κ2) is 6.70. The summed E-state index contributed by atoms with van der Waals surface area (Å²) >= 11 is 0. The van der Waals surface area contributed by atoms with Crippen LogP contribution >= 0.6 is 0 Å². The molecule has 0 heterocycles. The Hall–Kier alpha value is -0.910. The number of rotatable bonds is 6. The van der Waals surface area contributed by atoms with Crippen molar-refractivity contribution in [1.29, 1.82) is 0 Å². The molecular weight excluding hydrogens is 272 g/mol. The SMILES string of the molecule is CNCc1ccccc1S(=O)(=O)NCC(C)C(C)(C)C. The zero-order chi connectivity index (χ0) is 15.4. The molecule has 0 saturated carbocycles. The third kappa shape index (κ3) is 4.58. The fourth-order valence-electron chi connectivity index (χ4n) is 1.72. The highest BCUT2D eigenvalue weighted by atomic mass is 32.2. The van der Waals surface area contributed by atoms with Crippen LogP contribution < -0.4 is 10.0 Å². The van der Waals surface area contributed by atoms with Gasteiger partial charge in [0, 0.05) is 13.1 Å². The summed E-state index contributed by atoms with van der Waals surface area (Å²) in [6.45, 7) is 9.37. The van der Waals surface area contributed by atoms with Gasteiger partial charge in [0.05, 0.1) is 4.90 Å². The quantitative estimate of drug-likeness (QED) is 0.847. The van der Waals surface area contributed by atoms with E-state index < -0.39 is 10.0 Å². The smallest absolute Gasteiger partial charge is 0.240 e. The summed E-state index contributed by atoms with van der Waals surface area (Å²) in [5.74, 6) is 0.258. The van der Waals surface area contributed by atoms with Crippen molar-refractivity contribution < 1.29 is 8.42 Å². The summed E-state index contributed by atoms with van der Waals surface area (Å²) in [5, 5.41) is 2.99. The van der Waals surface area contributed by atoms with Gasteiger partial charge in [-0.3, -0.25) is 0 Å². The van der Waals surface area contributed by atoms with Crippen LogP contribution in [0.1, 0.15) is 33.3 Å². The van der Waals surface area contributed by atoms with Gasteiger partial charge >= 0.3 is 0 Å². The highest BCUT2D eigenvalue weighted by Crippen LogP contribution is 2.25. The lowest BCUT2D eigenvalue weighted by Gasteiger charge is -2.27. The molecular formula is C15H26N2O2S. The molecule has 0 bridgehead atoms. The molecule has 0 aliphatic heterocycles. The van der Waals surface area contributed by atoms with E-state index in [9.17, 15) is 8.42 Å². The Bertz CT molecular complexity index is 533. The van der Waals surface area contributed by atoms with Gasteiger partial charge in [0.15, 0.2) is 0 Å². The van der Waals surface area contributed by atoms with Crippen LogP contribution in [-0.4, -0.2) is 22.0 Å². The van der Waals surface area contributed by atoms with Crippen molar-refractivity contribution in [2.75, 3.05) is 13.6 Å². The first-order valence-electron chi connectivity index (χ1n) is 6.90. The minimum absolute atomic E-state index is 0.0764. The Morgan fingerprint density at radius 1 is 1.20 bits per heavy atom. The molecule has 20 heavy (non-hydrogen) atoms. The maximum atomic E-state index is 12.4. The standard InChI is InChI=1S/C15H26N2O2S/c1-12(15(2,3)4)10-17-20(18,19)14-9-7-6-8-13(14)11-16-5/h6-9,12,16-17H,10-11H2,1-5H3. The Morgan fingerprint density at radius 3 is 2.35 bits per heavy atom. The molecule has 0 fully saturated rings. The van der Waals surface area contributed by atoms with Gasteiger partial charge in [0.2, 0.25) is 10.0 Å². The van der Waals surface area contributed by atoms with Crippen LogP contribution in [0.3, 0.4) is 0 Å². The molecule has 1 rings (SSSR count). The first kappa shape index (κ1) is 17.1. The van der Waals surface area contributed by atoms with Crippen LogP contribution in [0.4, 0.5) is 0 Å².